The fourth-order valence-corrected chi connectivity index (χ4v) is 2.79. The van der Waals surface area contributed by atoms with Gasteiger partial charge in [0.25, 0.3) is 0 Å². The highest BCUT2D eigenvalue weighted by molar-refractivity contribution is 5.78. The standard InChI is InChI=1S/C17H19N7/c1-4-24-17(19-10-20-24)16-18-7-8-23(16)12-5-6-13-14(9-12)22-15(21-13)11(2)3/h5-11H,4H2,1-3H3,(H,21,22). The third-order valence-corrected chi connectivity index (χ3v) is 4.06. The van der Waals surface area contributed by atoms with Crippen LogP contribution < -0.4 is 0 Å². The molecule has 0 spiro atoms. The third-order valence-electron chi connectivity index (χ3n) is 4.06. The van der Waals surface area contributed by atoms with Crippen molar-refractivity contribution < 1.29 is 0 Å². The molecule has 1 aromatic carbocycles. The molecular formula is C17H19N7. The maximum absolute atomic E-state index is 4.63. The molecule has 0 saturated heterocycles. The average Bonchev–Trinajstić information content (AvgIpc) is 3.30. The van der Waals surface area contributed by atoms with Crippen molar-refractivity contribution in [2.75, 3.05) is 0 Å². The van der Waals surface area contributed by atoms with Gasteiger partial charge < -0.3 is 4.98 Å². The zero-order valence-corrected chi connectivity index (χ0v) is 13.9. The van der Waals surface area contributed by atoms with Crippen molar-refractivity contribution in [3.8, 4) is 17.3 Å². The molecule has 0 unspecified atom stereocenters. The number of aromatic amines is 1. The zero-order chi connectivity index (χ0) is 16.7. The molecule has 4 aromatic rings. The quantitative estimate of drug-likeness (QED) is 0.626. The van der Waals surface area contributed by atoms with Crippen LogP contribution >= 0.6 is 0 Å². The van der Waals surface area contributed by atoms with Gasteiger partial charge in [-0.1, -0.05) is 13.8 Å². The Kier molecular flexibility index (Phi) is 3.41. The van der Waals surface area contributed by atoms with E-state index in [2.05, 4.69) is 44.9 Å². The Balaban J connectivity index is 1.82. The van der Waals surface area contributed by atoms with Crippen molar-refractivity contribution in [3.63, 3.8) is 0 Å². The maximum atomic E-state index is 4.63. The van der Waals surface area contributed by atoms with Crippen LogP contribution in [-0.2, 0) is 6.54 Å². The highest BCUT2D eigenvalue weighted by atomic mass is 15.3. The molecule has 0 bridgehead atoms. The zero-order valence-electron chi connectivity index (χ0n) is 13.9. The van der Waals surface area contributed by atoms with Gasteiger partial charge >= 0.3 is 0 Å². The van der Waals surface area contributed by atoms with Crippen LogP contribution in [0.1, 0.15) is 32.5 Å². The topological polar surface area (TPSA) is 77.2 Å². The largest absolute Gasteiger partial charge is 0.342 e. The molecule has 0 aliphatic rings. The number of H-pyrrole nitrogens is 1. The molecule has 7 nitrogen and oxygen atoms in total. The van der Waals surface area contributed by atoms with Gasteiger partial charge in [0.2, 0.25) is 0 Å². The van der Waals surface area contributed by atoms with E-state index in [0.29, 0.717) is 5.92 Å². The summed E-state index contributed by atoms with van der Waals surface area (Å²) in [6.07, 6.45) is 5.27. The van der Waals surface area contributed by atoms with E-state index in [1.54, 1.807) is 12.5 Å². The summed E-state index contributed by atoms with van der Waals surface area (Å²) < 4.78 is 3.86. The van der Waals surface area contributed by atoms with Gasteiger partial charge in [0.15, 0.2) is 11.6 Å². The molecule has 0 radical (unpaired) electrons. The summed E-state index contributed by atoms with van der Waals surface area (Å²) in [6.45, 7) is 7.05. The van der Waals surface area contributed by atoms with Crippen molar-refractivity contribution in [1.29, 1.82) is 0 Å². The summed E-state index contributed by atoms with van der Waals surface area (Å²) in [5.74, 6) is 2.90. The second-order valence-corrected chi connectivity index (χ2v) is 6.00. The van der Waals surface area contributed by atoms with Crippen LogP contribution in [0, 0.1) is 0 Å². The second-order valence-electron chi connectivity index (χ2n) is 6.00. The Bertz CT molecular complexity index is 989. The molecule has 0 amide bonds. The first-order valence-corrected chi connectivity index (χ1v) is 8.09. The monoisotopic (exact) mass is 321 g/mol. The number of imidazole rings is 2. The number of fused-ring (bicyclic) bond motifs is 1. The van der Waals surface area contributed by atoms with Gasteiger partial charge in [-0.05, 0) is 25.1 Å². The SMILES string of the molecule is CCn1ncnc1-c1nccn1-c1ccc2nc(C(C)C)[nH]c2c1. The molecule has 0 aliphatic carbocycles. The van der Waals surface area contributed by atoms with E-state index in [1.165, 1.54) is 0 Å². The van der Waals surface area contributed by atoms with Crippen LogP contribution in [0.3, 0.4) is 0 Å². The lowest BCUT2D eigenvalue weighted by molar-refractivity contribution is 0.661. The molecule has 7 heteroatoms. The fraction of sp³-hybridized carbons (Fsp3) is 0.294. The minimum atomic E-state index is 0.368. The van der Waals surface area contributed by atoms with E-state index >= 15 is 0 Å². The fourth-order valence-electron chi connectivity index (χ4n) is 2.79. The molecule has 0 fully saturated rings. The number of aryl methyl sites for hydroxylation is 1. The highest BCUT2D eigenvalue weighted by Crippen LogP contribution is 2.23. The Hall–Kier alpha value is -2.96. The van der Waals surface area contributed by atoms with Gasteiger partial charge in [0.1, 0.15) is 12.2 Å². The Morgan fingerprint density at radius 2 is 2.04 bits per heavy atom. The van der Waals surface area contributed by atoms with Crippen molar-refractivity contribution in [1.82, 2.24) is 34.3 Å². The van der Waals surface area contributed by atoms with Crippen LogP contribution in [0.25, 0.3) is 28.4 Å². The first-order valence-electron chi connectivity index (χ1n) is 8.09. The Labute approximate surface area is 139 Å². The first-order chi connectivity index (χ1) is 11.7. The normalized spacial score (nSPS) is 11.7. The number of rotatable bonds is 4. The predicted molar refractivity (Wildman–Crippen MR) is 92.0 cm³/mol. The van der Waals surface area contributed by atoms with E-state index in [4.69, 9.17) is 0 Å². The summed E-state index contributed by atoms with van der Waals surface area (Å²) in [6, 6.07) is 6.17. The van der Waals surface area contributed by atoms with E-state index in [-0.39, 0.29) is 0 Å². The predicted octanol–water partition coefficient (Wildman–Crippen LogP) is 3.15. The molecule has 4 rings (SSSR count). The van der Waals surface area contributed by atoms with E-state index < -0.39 is 0 Å². The van der Waals surface area contributed by atoms with Crippen molar-refractivity contribution >= 4 is 11.0 Å². The average molecular weight is 321 g/mol. The molecule has 122 valence electrons. The van der Waals surface area contributed by atoms with Gasteiger partial charge in [-0.2, -0.15) is 5.10 Å². The van der Waals surface area contributed by atoms with Gasteiger partial charge in [-0.15, -0.1) is 0 Å². The minimum Gasteiger partial charge on any atom is -0.342 e. The number of nitrogens with zero attached hydrogens (tertiary/aromatic N) is 6. The van der Waals surface area contributed by atoms with E-state index in [9.17, 15) is 0 Å². The summed E-state index contributed by atoms with van der Waals surface area (Å²) in [4.78, 5) is 16.8. The molecule has 0 saturated carbocycles. The summed E-state index contributed by atoms with van der Waals surface area (Å²) in [7, 11) is 0. The molecule has 1 N–H and O–H groups in total. The number of nitrogens with one attached hydrogen (secondary N) is 1. The lowest BCUT2D eigenvalue weighted by Crippen LogP contribution is -2.04. The first kappa shape index (κ1) is 14.6. The van der Waals surface area contributed by atoms with E-state index in [0.717, 1.165) is 40.7 Å². The molecule has 0 atom stereocenters. The van der Waals surface area contributed by atoms with Gasteiger partial charge in [0, 0.05) is 30.5 Å². The smallest absolute Gasteiger partial charge is 0.194 e. The Morgan fingerprint density at radius 3 is 2.83 bits per heavy atom. The van der Waals surface area contributed by atoms with Crippen LogP contribution in [0.5, 0.6) is 0 Å². The minimum absolute atomic E-state index is 0.368. The summed E-state index contributed by atoms with van der Waals surface area (Å²) >= 11 is 0. The molecule has 3 heterocycles. The van der Waals surface area contributed by atoms with Crippen LogP contribution in [0.15, 0.2) is 36.9 Å². The number of aromatic nitrogens is 7. The lowest BCUT2D eigenvalue weighted by atomic mass is 10.2. The lowest BCUT2D eigenvalue weighted by Gasteiger charge is -2.08. The summed E-state index contributed by atoms with van der Waals surface area (Å²) in [5.41, 5.74) is 3.01. The second kappa shape index (κ2) is 5.59. The number of hydrogen-bond acceptors (Lipinski definition) is 4. The van der Waals surface area contributed by atoms with Crippen molar-refractivity contribution in [3.05, 3.63) is 42.7 Å². The molecule has 0 aliphatic heterocycles. The van der Waals surface area contributed by atoms with E-state index in [1.807, 2.05) is 34.5 Å². The van der Waals surface area contributed by atoms with Gasteiger partial charge in [0.05, 0.1) is 11.0 Å². The van der Waals surface area contributed by atoms with Crippen LogP contribution in [0.2, 0.25) is 0 Å². The Morgan fingerprint density at radius 1 is 1.17 bits per heavy atom. The number of benzene rings is 1. The number of hydrogen-bond donors (Lipinski definition) is 1. The van der Waals surface area contributed by atoms with Gasteiger partial charge in [-0.25, -0.2) is 19.6 Å². The third kappa shape index (κ3) is 2.29. The van der Waals surface area contributed by atoms with Crippen molar-refractivity contribution in [2.45, 2.75) is 33.2 Å². The maximum Gasteiger partial charge on any atom is 0.194 e. The highest BCUT2D eigenvalue weighted by Gasteiger charge is 2.14. The molecular weight excluding hydrogens is 302 g/mol. The molecule has 3 aromatic heterocycles. The van der Waals surface area contributed by atoms with Gasteiger partial charge in [-0.3, -0.25) is 4.57 Å². The van der Waals surface area contributed by atoms with Crippen LogP contribution in [0.4, 0.5) is 0 Å². The van der Waals surface area contributed by atoms with Crippen molar-refractivity contribution in [2.24, 2.45) is 0 Å². The summed E-state index contributed by atoms with van der Waals surface area (Å²) in [5, 5.41) is 4.23. The molecule has 24 heavy (non-hydrogen) atoms. The van der Waals surface area contributed by atoms with Crippen LogP contribution in [-0.4, -0.2) is 34.3 Å².